The second-order valence-electron chi connectivity index (χ2n) is 9.44. The van der Waals surface area contributed by atoms with E-state index in [0.29, 0.717) is 5.56 Å². The van der Waals surface area contributed by atoms with Crippen molar-refractivity contribution in [3.63, 3.8) is 0 Å². The molecule has 0 radical (unpaired) electrons. The molecule has 1 amide bonds. The number of carbonyl (C=O) groups is 2. The van der Waals surface area contributed by atoms with Crippen LogP contribution in [0.1, 0.15) is 49.1 Å². The molecule has 4 rings (SSSR count). The number of amides is 1. The van der Waals surface area contributed by atoms with E-state index in [1.807, 2.05) is 76.2 Å². The number of pyridine rings is 1. The lowest BCUT2D eigenvalue weighted by atomic mass is 9.94. The van der Waals surface area contributed by atoms with Crippen molar-refractivity contribution in [3.8, 4) is 5.75 Å². The molecule has 0 aliphatic carbocycles. The minimum Gasteiger partial charge on any atom is -0.507 e. The Bertz CT molecular complexity index is 1240. The lowest BCUT2D eigenvalue weighted by Crippen LogP contribution is -2.29. The molecular weight excluding hydrogens is 428 g/mol. The number of hydrogen-bond acceptors (Lipinski definition) is 5. The van der Waals surface area contributed by atoms with Gasteiger partial charge >= 0.3 is 0 Å². The Kier molecular flexibility index (Phi) is 6.24. The summed E-state index contributed by atoms with van der Waals surface area (Å²) in [6.07, 6.45) is 3.07. The number of hydrogen-bond donors (Lipinski definition) is 1. The van der Waals surface area contributed by atoms with Crippen LogP contribution in [0.4, 0.5) is 0 Å². The van der Waals surface area contributed by atoms with Gasteiger partial charge in [0.05, 0.1) is 11.6 Å². The van der Waals surface area contributed by atoms with Gasteiger partial charge in [0, 0.05) is 24.5 Å². The third-order valence-corrected chi connectivity index (χ3v) is 5.55. The number of Topliss-reactive ketones (excluding diaryl/α,β-unsaturated/α-hetero) is 1. The lowest BCUT2D eigenvalue weighted by molar-refractivity contribution is -0.140. The molecule has 34 heavy (non-hydrogen) atoms. The summed E-state index contributed by atoms with van der Waals surface area (Å²) >= 11 is 0. The molecule has 3 aromatic rings. The molecule has 6 nitrogen and oxygen atoms in total. The van der Waals surface area contributed by atoms with E-state index in [2.05, 4.69) is 4.98 Å². The topological polar surface area (TPSA) is 79.7 Å². The summed E-state index contributed by atoms with van der Waals surface area (Å²) < 4.78 is 5.89. The highest BCUT2D eigenvalue weighted by Crippen LogP contribution is 2.40. The van der Waals surface area contributed by atoms with Crippen LogP contribution in [0.3, 0.4) is 0 Å². The van der Waals surface area contributed by atoms with E-state index in [1.165, 1.54) is 17.3 Å². The molecule has 1 fully saturated rings. The first-order valence-corrected chi connectivity index (χ1v) is 11.2. The van der Waals surface area contributed by atoms with Crippen molar-refractivity contribution in [3.05, 3.63) is 101 Å². The highest BCUT2D eigenvalue weighted by atomic mass is 16.5. The summed E-state index contributed by atoms with van der Waals surface area (Å²) in [6, 6.07) is 17.6. The number of ketones is 1. The Balaban J connectivity index is 1.75. The van der Waals surface area contributed by atoms with Crippen molar-refractivity contribution >= 4 is 17.4 Å². The minimum atomic E-state index is -0.710. The smallest absolute Gasteiger partial charge is 0.295 e. The first-order chi connectivity index (χ1) is 16.1. The molecule has 1 aromatic heterocycles. The highest BCUT2D eigenvalue weighted by molar-refractivity contribution is 6.46. The second kappa shape index (κ2) is 9.14. The normalized spacial score (nSPS) is 17.8. The maximum atomic E-state index is 13.2. The average Bonchev–Trinajstić information content (AvgIpc) is 3.04. The Morgan fingerprint density at radius 1 is 1.03 bits per heavy atom. The molecule has 1 atom stereocenters. The summed E-state index contributed by atoms with van der Waals surface area (Å²) in [4.78, 5) is 31.8. The van der Waals surface area contributed by atoms with E-state index >= 15 is 0 Å². The molecule has 2 aromatic carbocycles. The number of carbonyl (C=O) groups excluding carboxylic acids is 2. The molecule has 0 spiro atoms. The van der Waals surface area contributed by atoms with Crippen LogP contribution in [0.5, 0.6) is 5.75 Å². The fourth-order valence-electron chi connectivity index (χ4n) is 4.11. The van der Waals surface area contributed by atoms with Crippen LogP contribution in [-0.2, 0) is 16.1 Å². The molecule has 0 bridgehead atoms. The fraction of sp³-hybridized carbons (Fsp3) is 0.250. The van der Waals surface area contributed by atoms with Gasteiger partial charge in [0.2, 0.25) is 0 Å². The molecule has 1 saturated heterocycles. The number of aromatic nitrogens is 1. The lowest BCUT2D eigenvalue weighted by Gasteiger charge is -2.26. The summed E-state index contributed by atoms with van der Waals surface area (Å²) in [6.45, 7) is 8.10. The van der Waals surface area contributed by atoms with Crippen LogP contribution in [0.2, 0.25) is 0 Å². The SMILES string of the molecule is Cc1cccc(C2/C(=C(/O)c3ccncc3)C(=O)C(=O)N2Cc2ccc(OC(C)(C)C)cc2)c1. The molecule has 1 aliphatic heterocycles. The average molecular weight is 457 g/mol. The van der Waals surface area contributed by atoms with Crippen molar-refractivity contribution < 1.29 is 19.4 Å². The van der Waals surface area contributed by atoms with Gasteiger partial charge in [-0.15, -0.1) is 0 Å². The Labute approximate surface area is 199 Å². The monoisotopic (exact) mass is 456 g/mol. The Morgan fingerprint density at radius 2 is 1.71 bits per heavy atom. The Morgan fingerprint density at radius 3 is 2.32 bits per heavy atom. The van der Waals surface area contributed by atoms with Crippen LogP contribution in [0.25, 0.3) is 5.76 Å². The van der Waals surface area contributed by atoms with Crippen LogP contribution in [0, 0.1) is 6.92 Å². The second-order valence-corrected chi connectivity index (χ2v) is 9.44. The predicted molar refractivity (Wildman–Crippen MR) is 130 cm³/mol. The number of nitrogens with zero attached hydrogens (tertiary/aromatic N) is 2. The third-order valence-electron chi connectivity index (χ3n) is 5.55. The molecule has 0 saturated carbocycles. The predicted octanol–water partition coefficient (Wildman–Crippen LogP) is 5.19. The zero-order chi connectivity index (χ0) is 24.5. The summed E-state index contributed by atoms with van der Waals surface area (Å²) in [5, 5.41) is 11.1. The van der Waals surface area contributed by atoms with Gasteiger partial charge in [-0.3, -0.25) is 14.6 Å². The van der Waals surface area contributed by atoms with Crippen molar-refractivity contribution in [2.45, 2.75) is 45.9 Å². The van der Waals surface area contributed by atoms with Crippen molar-refractivity contribution in [1.82, 2.24) is 9.88 Å². The highest BCUT2D eigenvalue weighted by Gasteiger charge is 2.46. The maximum absolute atomic E-state index is 13.2. The number of aliphatic hydroxyl groups excluding tert-OH is 1. The Hall–Kier alpha value is -3.93. The van der Waals surface area contributed by atoms with Gasteiger partial charge < -0.3 is 14.7 Å². The van der Waals surface area contributed by atoms with E-state index < -0.39 is 17.7 Å². The number of aryl methyl sites for hydroxylation is 1. The van der Waals surface area contributed by atoms with E-state index in [4.69, 9.17) is 4.74 Å². The van der Waals surface area contributed by atoms with E-state index in [1.54, 1.807) is 12.1 Å². The largest absolute Gasteiger partial charge is 0.507 e. The standard InChI is InChI=1S/C28H28N2O4/c1-18-6-5-7-21(16-18)24-23(25(31)20-12-14-29-15-13-20)26(32)27(33)30(24)17-19-8-10-22(11-9-19)34-28(2,3)4/h5-16,24,31H,17H2,1-4H3/b25-23-. The van der Waals surface area contributed by atoms with Gasteiger partial charge in [-0.2, -0.15) is 0 Å². The quantitative estimate of drug-likeness (QED) is 0.325. The molecule has 1 unspecified atom stereocenters. The van der Waals surface area contributed by atoms with Gasteiger partial charge in [-0.25, -0.2) is 0 Å². The van der Waals surface area contributed by atoms with E-state index in [0.717, 1.165) is 22.4 Å². The molecule has 1 aliphatic rings. The number of likely N-dealkylation sites (tertiary alicyclic amines) is 1. The van der Waals surface area contributed by atoms with Crippen LogP contribution in [-0.4, -0.2) is 32.3 Å². The van der Waals surface area contributed by atoms with Crippen molar-refractivity contribution in [2.24, 2.45) is 0 Å². The molecular formula is C28H28N2O4. The third kappa shape index (κ3) is 4.86. The zero-order valence-electron chi connectivity index (χ0n) is 19.8. The van der Waals surface area contributed by atoms with Crippen LogP contribution < -0.4 is 4.74 Å². The van der Waals surface area contributed by atoms with E-state index in [-0.39, 0.29) is 23.5 Å². The van der Waals surface area contributed by atoms with Gasteiger partial charge in [0.25, 0.3) is 11.7 Å². The van der Waals surface area contributed by atoms with Crippen molar-refractivity contribution in [2.75, 3.05) is 0 Å². The number of aliphatic hydroxyl groups is 1. The van der Waals surface area contributed by atoms with Gasteiger partial charge in [0.1, 0.15) is 17.1 Å². The minimum absolute atomic E-state index is 0.0782. The zero-order valence-corrected chi connectivity index (χ0v) is 19.8. The summed E-state index contributed by atoms with van der Waals surface area (Å²) in [5.74, 6) is -0.819. The molecule has 1 N–H and O–H groups in total. The van der Waals surface area contributed by atoms with Crippen LogP contribution in [0.15, 0.2) is 78.6 Å². The molecule has 174 valence electrons. The first kappa shape index (κ1) is 23.2. The summed E-state index contributed by atoms with van der Waals surface area (Å²) in [7, 11) is 0. The number of benzene rings is 2. The van der Waals surface area contributed by atoms with E-state index in [9.17, 15) is 14.7 Å². The van der Waals surface area contributed by atoms with Crippen LogP contribution >= 0.6 is 0 Å². The summed E-state index contributed by atoms with van der Waals surface area (Å²) in [5.41, 5.74) is 2.81. The molecule has 6 heteroatoms. The molecule has 2 heterocycles. The maximum Gasteiger partial charge on any atom is 0.295 e. The van der Waals surface area contributed by atoms with Gasteiger partial charge in [-0.1, -0.05) is 42.0 Å². The number of ether oxygens (including phenoxy) is 1. The van der Waals surface area contributed by atoms with Gasteiger partial charge in [-0.05, 0) is 63.1 Å². The fourth-order valence-corrected chi connectivity index (χ4v) is 4.11. The van der Waals surface area contributed by atoms with Gasteiger partial charge in [0.15, 0.2) is 0 Å². The number of rotatable bonds is 5. The van der Waals surface area contributed by atoms with Crippen molar-refractivity contribution in [1.29, 1.82) is 0 Å². The first-order valence-electron chi connectivity index (χ1n) is 11.2.